The fraction of sp³-hybridized carbons (Fsp3) is 0.333. The summed E-state index contributed by atoms with van der Waals surface area (Å²) < 4.78 is 11.0. The zero-order valence-electron chi connectivity index (χ0n) is 19.4. The van der Waals surface area contributed by atoms with Gasteiger partial charge in [-0.3, -0.25) is 14.5 Å². The van der Waals surface area contributed by atoms with Gasteiger partial charge in [0.25, 0.3) is 11.7 Å². The van der Waals surface area contributed by atoms with Gasteiger partial charge in [0.15, 0.2) is 0 Å². The normalized spacial score (nSPS) is 20.5. The van der Waals surface area contributed by atoms with Crippen molar-refractivity contribution in [2.45, 2.75) is 13.0 Å². The standard InChI is InChI=1S/C27H30N2O5/c1-3-16-34-22-10-8-20(9-11-22)24-23(25(30)21-6-4-19(2)5-7-21)26(31)27(32)29(24)13-12-28-14-17-33-18-15-28/h3-11,24,30H,1,12-18H2,2H3. The second kappa shape index (κ2) is 10.7. The van der Waals surface area contributed by atoms with Crippen LogP contribution in [0.1, 0.15) is 22.7 Å². The van der Waals surface area contributed by atoms with Gasteiger partial charge in [0, 0.05) is 31.7 Å². The molecule has 2 aliphatic rings. The van der Waals surface area contributed by atoms with E-state index in [0.717, 1.165) is 24.2 Å². The first kappa shape index (κ1) is 23.7. The monoisotopic (exact) mass is 462 g/mol. The van der Waals surface area contributed by atoms with Crippen LogP contribution < -0.4 is 4.74 Å². The zero-order chi connectivity index (χ0) is 24.1. The van der Waals surface area contributed by atoms with Gasteiger partial charge >= 0.3 is 0 Å². The predicted octanol–water partition coefficient (Wildman–Crippen LogP) is 3.31. The molecule has 2 aliphatic heterocycles. The molecule has 7 heteroatoms. The van der Waals surface area contributed by atoms with Crippen molar-refractivity contribution in [3.63, 3.8) is 0 Å². The van der Waals surface area contributed by atoms with Gasteiger partial charge in [0.1, 0.15) is 18.1 Å². The Kier molecular flexibility index (Phi) is 7.45. The number of hydrogen-bond donors (Lipinski definition) is 1. The van der Waals surface area contributed by atoms with E-state index in [0.29, 0.717) is 44.2 Å². The molecular weight excluding hydrogens is 432 g/mol. The average molecular weight is 463 g/mol. The summed E-state index contributed by atoms with van der Waals surface area (Å²) in [6, 6.07) is 13.8. The number of carbonyl (C=O) groups is 2. The third-order valence-electron chi connectivity index (χ3n) is 6.19. The molecule has 178 valence electrons. The van der Waals surface area contributed by atoms with Gasteiger partial charge in [-0.15, -0.1) is 0 Å². The summed E-state index contributed by atoms with van der Waals surface area (Å²) in [6.07, 6.45) is 1.66. The lowest BCUT2D eigenvalue weighted by Crippen LogP contribution is -2.42. The number of aliphatic hydroxyl groups excluding tert-OH is 1. The molecule has 0 bridgehead atoms. The lowest BCUT2D eigenvalue weighted by atomic mass is 9.95. The molecule has 1 N–H and O–H groups in total. The van der Waals surface area contributed by atoms with Crippen LogP contribution in [0.5, 0.6) is 5.75 Å². The first-order valence-electron chi connectivity index (χ1n) is 11.5. The topological polar surface area (TPSA) is 79.3 Å². The second-order valence-electron chi connectivity index (χ2n) is 8.48. The number of rotatable bonds is 8. The van der Waals surface area contributed by atoms with Crippen molar-refractivity contribution in [3.8, 4) is 5.75 Å². The van der Waals surface area contributed by atoms with Crippen LogP contribution in [0.3, 0.4) is 0 Å². The Hall–Kier alpha value is -3.42. The summed E-state index contributed by atoms with van der Waals surface area (Å²) in [7, 11) is 0. The molecule has 1 unspecified atom stereocenters. The number of nitrogens with zero attached hydrogens (tertiary/aromatic N) is 2. The van der Waals surface area contributed by atoms with E-state index in [1.807, 2.05) is 31.2 Å². The van der Waals surface area contributed by atoms with Gasteiger partial charge in [-0.05, 0) is 24.6 Å². The number of benzene rings is 2. The molecule has 34 heavy (non-hydrogen) atoms. The summed E-state index contributed by atoms with van der Waals surface area (Å²) in [5.74, 6) is -0.771. The first-order chi connectivity index (χ1) is 16.5. The summed E-state index contributed by atoms with van der Waals surface area (Å²) in [5.41, 5.74) is 2.39. The van der Waals surface area contributed by atoms with Gasteiger partial charge in [-0.25, -0.2) is 0 Å². The largest absolute Gasteiger partial charge is 0.507 e. The third-order valence-corrected chi connectivity index (χ3v) is 6.19. The summed E-state index contributed by atoms with van der Waals surface area (Å²) in [4.78, 5) is 30.1. The Morgan fingerprint density at radius 1 is 1.09 bits per heavy atom. The molecule has 1 amide bonds. The molecule has 7 nitrogen and oxygen atoms in total. The number of aliphatic hydroxyl groups is 1. The molecule has 0 aliphatic carbocycles. The molecule has 2 fully saturated rings. The average Bonchev–Trinajstić information content (AvgIpc) is 3.12. The van der Waals surface area contributed by atoms with Crippen molar-refractivity contribution >= 4 is 17.4 Å². The quantitative estimate of drug-likeness (QED) is 0.281. The number of ether oxygens (including phenoxy) is 2. The van der Waals surface area contributed by atoms with Crippen molar-refractivity contribution < 1.29 is 24.2 Å². The Labute approximate surface area is 199 Å². The number of morpholine rings is 1. The lowest BCUT2D eigenvalue weighted by molar-refractivity contribution is -0.140. The van der Waals surface area contributed by atoms with Gasteiger partial charge < -0.3 is 19.5 Å². The fourth-order valence-electron chi connectivity index (χ4n) is 4.30. The van der Waals surface area contributed by atoms with Crippen LogP contribution in [0.4, 0.5) is 0 Å². The molecule has 2 aromatic carbocycles. The number of aryl methyl sites for hydroxylation is 1. The van der Waals surface area contributed by atoms with E-state index in [-0.39, 0.29) is 11.3 Å². The molecule has 1 atom stereocenters. The van der Waals surface area contributed by atoms with Crippen molar-refractivity contribution in [3.05, 3.63) is 83.4 Å². The summed E-state index contributed by atoms with van der Waals surface area (Å²) >= 11 is 0. The second-order valence-corrected chi connectivity index (χ2v) is 8.48. The fourth-order valence-corrected chi connectivity index (χ4v) is 4.30. The molecule has 0 radical (unpaired) electrons. The molecule has 0 saturated carbocycles. The highest BCUT2D eigenvalue weighted by Gasteiger charge is 2.46. The Bertz CT molecular complexity index is 1070. The summed E-state index contributed by atoms with van der Waals surface area (Å²) in [5, 5.41) is 11.2. The van der Waals surface area contributed by atoms with Crippen molar-refractivity contribution in [2.24, 2.45) is 0 Å². The van der Waals surface area contributed by atoms with E-state index in [2.05, 4.69) is 11.5 Å². The van der Waals surface area contributed by atoms with E-state index in [4.69, 9.17) is 9.47 Å². The maximum atomic E-state index is 13.2. The minimum atomic E-state index is -0.684. The molecule has 2 heterocycles. The highest BCUT2D eigenvalue weighted by atomic mass is 16.5. The van der Waals surface area contributed by atoms with Crippen molar-refractivity contribution in [1.29, 1.82) is 0 Å². The number of Topliss-reactive ketones (excluding diaryl/α,β-unsaturated/α-hetero) is 1. The zero-order valence-corrected chi connectivity index (χ0v) is 19.4. The van der Waals surface area contributed by atoms with E-state index in [9.17, 15) is 14.7 Å². The predicted molar refractivity (Wildman–Crippen MR) is 130 cm³/mol. The number of hydrogen-bond acceptors (Lipinski definition) is 6. The van der Waals surface area contributed by atoms with Gasteiger partial charge in [0.2, 0.25) is 0 Å². The highest BCUT2D eigenvalue weighted by Crippen LogP contribution is 2.39. The van der Waals surface area contributed by atoms with E-state index >= 15 is 0 Å². The van der Waals surface area contributed by atoms with E-state index in [1.165, 1.54) is 0 Å². The molecule has 0 spiro atoms. The SMILES string of the molecule is C=CCOc1ccc(C2C(=C(O)c3ccc(C)cc3)C(=O)C(=O)N2CCN2CCOCC2)cc1. The summed E-state index contributed by atoms with van der Waals surface area (Å²) in [6.45, 7) is 9.85. The van der Waals surface area contributed by atoms with Crippen LogP contribution in [0.15, 0.2) is 66.8 Å². The molecule has 0 aromatic heterocycles. The van der Waals surface area contributed by atoms with Crippen LogP contribution in [-0.4, -0.2) is 72.6 Å². The van der Waals surface area contributed by atoms with Gasteiger partial charge in [0.05, 0.1) is 24.8 Å². The van der Waals surface area contributed by atoms with E-state index < -0.39 is 17.7 Å². The van der Waals surface area contributed by atoms with Crippen molar-refractivity contribution in [2.75, 3.05) is 46.0 Å². The molecule has 4 rings (SSSR count). The smallest absolute Gasteiger partial charge is 0.295 e. The molecule has 2 saturated heterocycles. The maximum Gasteiger partial charge on any atom is 0.295 e. The Balaban J connectivity index is 1.70. The van der Waals surface area contributed by atoms with Gasteiger partial charge in [-0.1, -0.05) is 54.6 Å². The lowest BCUT2D eigenvalue weighted by Gasteiger charge is -2.31. The minimum Gasteiger partial charge on any atom is -0.507 e. The highest BCUT2D eigenvalue weighted by molar-refractivity contribution is 6.46. The first-order valence-corrected chi connectivity index (χ1v) is 11.5. The number of amides is 1. The third kappa shape index (κ3) is 5.05. The van der Waals surface area contributed by atoms with Crippen LogP contribution in [0, 0.1) is 6.92 Å². The maximum absolute atomic E-state index is 13.2. The van der Waals surface area contributed by atoms with Crippen LogP contribution in [0.2, 0.25) is 0 Å². The Morgan fingerprint density at radius 3 is 2.41 bits per heavy atom. The number of carbonyl (C=O) groups excluding carboxylic acids is 2. The van der Waals surface area contributed by atoms with Crippen LogP contribution >= 0.6 is 0 Å². The van der Waals surface area contributed by atoms with Crippen molar-refractivity contribution in [1.82, 2.24) is 9.80 Å². The number of likely N-dealkylation sites (tertiary alicyclic amines) is 1. The van der Waals surface area contributed by atoms with E-state index in [1.54, 1.807) is 35.2 Å². The molecular formula is C27H30N2O5. The number of ketones is 1. The van der Waals surface area contributed by atoms with Gasteiger partial charge in [-0.2, -0.15) is 0 Å². The van der Waals surface area contributed by atoms with Crippen LogP contribution in [0.25, 0.3) is 5.76 Å². The Morgan fingerprint density at radius 2 is 1.76 bits per heavy atom. The minimum absolute atomic E-state index is 0.107. The van der Waals surface area contributed by atoms with Crippen LogP contribution in [-0.2, 0) is 14.3 Å². The molecule has 2 aromatic rings.